The van der Waals surface area contributed by atoms with Gasteiger partial charge in [-0.25, -0.2) is 9.97 Å². The van der Waals surface area contributed by atoms with Gasteiger partial charge >= 0.3 is 0 Å². The van der Waals surface area contributed by atoms with Gasteiger partial charge in [0.1, 0.15) is 11.6 Å². The standard InChI is InChI=1S/C13H16N4/c1-10-4-3-5-11(6-10)9-17(2)13-8-15-12(14)7-16-13/h3-8H,9H2,1-2H3,(H2,14,15). The molecule has 4 nitrogen and oxygen atoms in total. The first-order valence-corrected chi connectivity index (χ1v) is 5.49. The summed E-state index contributed by atoms with van der Waals surface area (Å²) in [6.45, 7) is 2.90. The highest BCUT2D eigenvalue weighted by molar-refractivity contribution is 5.39. The predicted octanol–water partition coefficient (Wildman–Crippen LogP) is 2.00. The Bertz CT molecular complexity index is 493. The monoisotopic (exact) mass is 228 g/mol. The lowest BCUT2D eigenvalue weighted by atomic mass is 10.1. The quantitative estimate of drug-likeness (QED) is 0.873. The Morgan fingerprint density at radius 2 is 2.06 bits per heavy atom. The van der Waals surface area contributed by atoms with E-state index in [-0.39, 0.29) is 0 Å². The summed E-state index contributed by atoms with van der Waals surface area (Å²) in [6.07, 6.45) is 3.26. The molecule has 4 heteroatoms. The van der Waals surface area contributed by atoms with Crippen molar-refractivity contribution >= 4 is 11.6 Å². The van der Waals surface area contributed by atoms with Gasteiger partial charge in [-0.2, -0.15) is 0 Å². The molecule has 0 fully saturated rings. The van der Waals surface area contributed by atoms with Crippen LogP contribution in [0.5, 0.6) is 0 Å². The van der Waals surface area contributed by atoms with Crippen molar-refractivity contribution in [3.05, 3.63) is 47.8 Å². The summed E-state index contributed by atoms with van der Waals surface area (Å²) in [5, 5.41) is 0. The van der Waals surface area contributed by atoms with E-state index < -0.39 is 0 Å². The van der Waals surface area contributed by atoms with E-state index in [1.165, 1.54) is 11.1 Å². The lowest BCUT2D eigenvalue weighted by Crippen LogP contribution is -2.18. The minimum absolute atomic E-state index is 0.442. The zero-order valence-corrected chi connectivity index (χ0v) is 10.1. The van der Waals surface area contributed by atoms with Crippen molar-refractivity contribution in [3.8, 4) is 0 Å². The molecule has 2 aromatic rings. The molecular weight excluding hydrogens is 212 g/mol. The SMILES string of the molecule is Cc1cccc(CN(C)c2cnc(N)cn2)c1. The lowest BCUT2D eigenvalue weighted by Gasteiger charge is -2.17. The summed E-state index contributed by atoms with van der Waals surface area (Å²) >= 11 is 0. The second-order valence-electron chi connectivity index (χ2n) is 4.14. The van der Waals surface area contributed by atoms with Crippen LogP contribution in [0.25, 0.3) is 0 Å². The smallest absolute Gasteiger partial charge is 0.147 e. The zero-order valence-electron chi connectivity index (χ0n) is 10.1. The topological polar surface area (TPSA) is 55.0 Å². The molecule has 0 unspecified atom stereocenters. The minimum atomic E-state index is 0.442. The molecule has 0 amide bonds. The van der Waals surface area contributed by atoms with E-state index in [4.69, 9.17) is 5.73 Å². The summed E-state index contributed by atoms with van der Waals surface area (Å²) < 4.78 is 0. The maximum Gasteiger partial charge on any atom is 0.147 e. The van der Waals surface area contributed by atoms with Crippen molar-refractivity contribution < 1.29 is 0 Å². The highest BCUT2D eigenvalue weighted by Gasteiger charge is 2.03. The summed E-state index contributed by atoms with van der Waals surface area (Å²) in [5.41, 5.74) is 8.03. The Hall–Kier alpha value is -2.10. The Morgan fingerprint density at radius 1 is 1.24 bits per heavy atom. The number of nitrogens with two attached hydrogens (primary N) is 1. The van der Waals surface area contributed by atoms with Crippen LogP contribution in [0, 0.1) is 6.92 Å². The molecule has 0 aliphatic carbocycles. The second-order valence-corrected chi connectivity index (χ2v) is 4.14. The molecule has 1 aromatic carbocycles. The number of aromatic nitrogens is 2. The molecule has 0 saturated heterocycles. The Kier molecular flexibility index (Phi) is 3.23. The van der Waals surface area contributed by atoms with Crippen molar-refractivity contribution in [2.75, 3.05) is 17.7 Å². The first-order chi connectivity index (χ1) is 8.15. The van der Waals surface area contributed by atoms with E-state index in [2.05, 4.69) is 41.2 Å². The molecule has 0 radical (unpaired) electrons. The highest BCUT2D eigenvalue weighted by Crippen LogP contribution is 2.12. The molecule has 17 heavy (non-hydrogen) atoms. The van der Waals surface area contributed by atoms with Crippen LogP contribution in [0.15, 0.2) is 36.7 Å². The van der Waals surface area contributed by atoms with Crippen molar-refractivity contribution in [2.24, 2.45) is 0 Å². The van der Waals surface area contributed by atoms with Crippen LogP contribution >= 0.6 is 0 Å². The largest absolute Gasteiger partial charge is 0.382 e. The molecule has 2 N–H and O–H groups in total. The normalized spacial score (nSPS) is 10.2. The van der Waals surface area contributed by atoms with Gasteiger partial charge in [0.05, 0.1) is 12.4 Å². The van der Waals surface area contributed by atoms with Gasteiger partial charge in [-0.3, -0.25) is 0 Å². The number of hydrogen-bond acceptors (Lipinski definition) is 4. The molecule has 0 atom stereocenters. The maximum absolute atomic E-state index is 5.51. The second kappa shape index (κ2) is 4.82. The molecule has 2 rings (SSSR count). The average Bonchev–Trinajstić information content (AvgIpc) is 2.29. The molecule has 0 saturated carbocycles. The first kappa shape index (κ1) is 11.4. The lowest BCUT2D eigenvalue weighted by molar-refractivity contribution is 0.890. The predicted molar refractivity (Wildman–Crippen MR) is 69.7 cm³/mol. The fourth-order valence-electron chi connectivity index (χ4n) is 1.69. The van der Waals surface area contributed by atoms with E-state index >= 15 is 0 Å². The van der Waals surface area contributed by atoms with Crippen LogP contribution in [0.2, 0.25) is 0 Å². The number of rotatable bonds is 3. The number of nitrogens with zero attached hydrogens (tertiary/aromatic N) is 3. The van der Waals surface area contributed by atoms with Gasteiger partial charge in [-0.1, -0.05) is 29.8 Å². The van der Waals surface area contributed by atoms with Gasteiger partial charge in [0.15, 0.2) is 0 Å². The Balaban J connectivity index is 2.11. The molecule has 88 valence electrons. The summed E-state index contributed by atoms with van der Waals surface area (Å²) in [7, 11) is 1.99. The van der Waals surface area contributed by atoms with E-state index in [9.17, 15) is 0 Å². The molecule has 1 aromatic heterocycles. The summed E-state index contributed by atoms with van der Waals surface area (Å²) in [4.78, 5) is 10.3. The Morgan fingerprint density at radius 3 is 2.71 bits per heavy atom. The van der Waals surface area contributed by atoms with Crippen molar-refractivity contribution in [2.45, 2.75) is 13.5 Å². The summed E-state index contributed by atoms with van der Waals surface area (Å²) in [5.74, 6) is 1.26. The van der Waals surface area contributed by atoms with Crippen LogP contribution in [0.1, 0.15) is 11.1 Å². The maximum atomic E-state index is 5.51. The van der Waals surface area contributed by atoms with E-state index in [1.807, 2.05) is 11.9 Å². The van der Waals surface area contributed by atoms with Crippen LogP contribution < -0.4 is 10.6 Å². The van der Waals surface area contributed by atoms with Gasteiger partial charge in [0, 0.05) is 13.6 Å². The highest BCUT2D eigenvalue weighted by atomic mass is 15.2. The van der Waals surface area contributed by atoms with Crippen LogP contribution in [0.3, 0.4) is 0 Å². The van der Waals surface area contributed by atoms with Gasteiger partial charge in [-0.05, 0) is 12.5 Å². The van der Waals surface area contributed by atoms with Crippen LogP contribution in [-0.2, 0) is 6.54 Å². The molecule has 0 aliphatic rings. The number of aryl methyl sites for hydroxylation is 1. The third-order valence-corrected chi connectivity index (χ3v) is 2.55. The van der Waals surface area contributed by atoms with Crippen molar-refractivity contribution in [1.82, 2.24) is 9.97 Å². The summed E-state index contributed by atoms with van der Waals surface area (Å²) in [6, 6.07) is 8.43. The number of benzene rings is 1. The molecule has 0 bridgehead atoms. The number of nitrogen functional groups attached to an aromatic ring is 1. The molecule has 0 aliphatic heterocycles. The van der Waals surface area contributed by atoms with E-state index in [0.717, 1.165) is 12.4 Å². The van der Waals surface area contributed by atoms with Gasteiger partial charge < -0.3 is 10.6 Å². The van der Waals surface area contributed by atoms with Gasteiger partial charge in [0.2, 0.25) is 0 Å². The first-order valence-electron chi connectivity index (χ1n) is 5.49. The third kappa shape index (κ3) is 2.93. The fraction of sp³-hybridized carbons (Fsp3) is 0.231. The van der Waals surface area contributed by atoms with Crippen molar-refractivity contribution in [1.29, 1.82) is 0 Å². The van der Waals surface area contributed by atoms with E-state index in [0.29, 0.717) is 5.82 Å². The van der Waals surface area contributed by atoms with Crippen molar-refractivity contribution in [3.63, 3.8) is 0 Å². The van der Waals surface area contributed by atoms with Gasteiger partial charge in [0.25, 0.3) is 0 Å². The average molecular weight is 228 g/mol. The number of hydrogen-bond donors (Lipinski definition) is 1. The minimum Gasteiger partial charge on any atom is -0.382 e. The molecule has 1 heterocycles. The Labute approximate surface area is 101 Å². The molecule has 0 spiro atoms. The zero-order chi connectivity index (χ0) is 12.3. The third-order valence-electron chi connectivity index (χ3n) is 2.55. The van der Waals surface area contributed by atoms with Crippen LogP contribution in [-0.4, -0.2) is 17.0 Å². The van der Waals surface area contributed by atoms with E-state index in [1.54, 1.807) is 12.4 Å². The molecular formula is C13H16N4. The number of anilines is 2. The van der Waals surface area contributed by atoms with Gasteiger partial charge in [-0.15, -0.1) is 0 Å². The fourth-order valence-corrected chi connectivity index (χ4v) is 1.69. The van der Waals surface area contributed by atoms with Crippen LogP contribution in [0.4, 0.5) is 11.6 Å².